The molecule has 0 spiro atoms. The Morgan fingerprint density at radius 3 is 2.47 bits per heavy atom. The van der Waals surface area contributed by atoms with Crippen LogP contribution in [0.3, 0.4) is 0 Å². The van der Waals surface area contributed by atoms with Gasteiger partial charge in [-0.25, -0.2) is 0 Å². The maximum absolute atomic E-state index is 10.9. The van der Waals surface area contributed by atoms with Crippen molar-refractivity contribution in [3.8, 4) is 0 Å². The Morgan fingerprint density at radius 2 is 2.07 bits per heavy atom. The van der Waals surface area contributed by atoms with E-state index in [2.05, 4.69) is 5.32 Å². The lowest BCUT2D eigenvalue weighted by Crippen LogP contribution is -2.42. The summed E-state index contributed by atoms with van der Waals surface area (Å²) in [7, 11) is 0. The molecule has 0 heterocycles. The average molecular weight is 217 g/mol. The van der Waals surface area contributed by atoms with E-state index in [1.54, 1.807) is 0 Å². The minimum absolute atomic E-state index is 0.0557. The average Bonchev–Trinajstić information content (AvgIpc) is 2.17. The van der Waals surface area contributed by atoms with Crippen LogP contribution in [0.1, 0.15) is 40.0 Å². The maximum Gasteiger partial charge on any atom is 0.320 e. The Balaban J connectivity index is 4.01. The molecule has 4 nitrogen and oxygen atoms in total. The molecular weight excluding hydrogens is 194 g/mol. The smallest absolute Gasteiger partial charge is 0.320 e. The molecule has 90 valence electrons. The highest BCUT2D eigenvalue weighted by atomic mass is 16.4. The van der Waals surface area contributed by atoms with Crippen LogP contribution in [0.25, 0.3) is 0 Å². The number of unbranched alkanes of at least 4 members (excludes halogenated alkanes) is 1. The van der Waals surface area contributed by atoms with Crippen LogP contribution >= 0.6 is 0 Å². The van der Waals surface area contributed by atoms with Crippen LogP contribution in [0.4, 0.5) is 0 Å². The Morgan fingerprint density at radius 1 is 1.47 bits per heavy atom. The summed E-state index contributed by atoms with van der Waals surface area (Å²) in [5.74, 6) is -0.808. The highest BCUT2D eigenvalue weighted by Crippen LogP contribution is 2.12. The lowest BCUT2D eigenvalue weighted by Gasteiger charge is -2.24. The fourth-order valence-corrected chi connectivity index (χ4v) is 1.18. The summed E-state index contributed by atoms with van der Waals surface area (Å²) in [4.78, 5) is 10.9. The first-order chi connectivity index (χ1) is 6.93. The van der Waals surface area contributed by atoms with Crippen molar-refractivity contribution in [1.29, 1.82) is 0 Å². The summed E-state index contributed by atoms with van der Waals surface area (Å²) in [6.45, 7) is 6.42. The molecule has 0 amide bonds. The van der Waals surface area contributed by atoms with Crippen molar-refractivity contribution in [2.24, 2.45) is 5.41 Å². The summed E-state index contributed by atoms with van der Waals surface area (Å²) in [6, 6.07) is -0.490. The normalized spacial score (nSPS) is 13.9. The van der Waals surface area contributed by atoms with E-state index in [9.17, 15) is 4.79 Å². The second-order valence-corrected chi connectivity index (χ2v) is 4.74. The van der Waals surface area contributed by atoms with Crippen molar-refractivity contribution in [3.05, 3.63) is 0 Å². The van der Waals surface area contributed by atoms with Crippen LogP contribution in [-0.4, -0.2) is 35.4 Å². The van der Waals surface area contributed by atoms with Gasteiger partial charge in [0, 0.05) is 18.6 Å². The minimum Gasteiger partial charge on any atom is -0.480 e. The summed E-state index contributed by atoms with van der Waals surface area (Å²) in [5.41, 5.74) is -0.264. The van der Waals surface area contributed by atoms with Gasteiger partial charge >= 0.3 is 5.97 Å². The zero-order valence-corrected chi connectivity index (χ0v) is 9.92. The number of carbonyl (C=O) groups is 1. The first-order valence-corrected chi connectivity index (χ1v) is 5.50. The zero-order chi connectivity index (χ0) is 11.9. The predicted octanol–water partition coefficient (Wildman–Crippen LogP) is 1.24. The van der Waals surface area contributed by atoms with Crippen LogP contribution in [-0.2, 0) is 4.79 Å². The number of aliphatic hydroxyl groups excluding tert-OH is 1. The highest BCUT2D eigenvalue weighted by molar-refractivity contribution is 5.73. The van der Waals surface area contributed by atoms with Crippen molar-refractivity contribution in [2.45, 2.75) is 46.1 Å². The monoisotopic (exact) mass is 217 g/mol. The van der Waals surface area contributed by atoms with Crippen molar-refractivity contribution in [1.82, 2.24) is 5.32 Å². The van der Waals surface area contributed by atoms with Gasteiger partial charge in [-0.3, -0.25) is 4.79 Å². The number of hydrogen-bond acceptors (Lipinski definition) is 3. The van der Waals surface area contributed by atoms with Crippen molar-refractivity contribution in [2.75, 3.05) is 13.2 Å². The predicted molar refractivity (Wildman–Crippen MR) is 59.8 cm³/mol. The van der Waals surface area contributed by atoms with E-state index in [1.165, 1.54) is 0 Å². The van der Waals surface area contributed by atoms with Gasteiger partial charge in [-0.2, -0.15) is 0 Å². The number of rotatable bonds is 8. The third kappa shape index (κ3) is 6.47. The van der Waals surface area contributed by atoms with E-state index in [4.69, 9.17) is 10.2 Å². The largest absolute Gasteiger partial charge is 0.480 e. The summed E-state index contributed by atoms with van der Waals surface area (Å²) in [6.07, 6.45) is 2.55. The Labute approximate surface area is 91.7 Å². The van der Waals surface area contributed by atoms with E-state index in [0.29, 0.717) is 13.0 Å². The molecule has 0 aliphatic rings. The molecule has 0 radical (unpaired) electrons. The van der Waals surface area contributed by atoms with Crippen molar-refractivity contribution >= 4 is 5.97 Å². The lowest BCUT2D eigenvalue weighted by molar-refractivity contribution is -0.139. The van der Waals surface area contributed by atoms with Gasteiger partial charge in [0.2, 0.25) is 0 Å². The van der Waals surface area contributed by atoms with Gasteiger partial charge in [0.25, 0.3) is 0 Å². The Hall–Kier alpha value is -0.610. The van der Waals surface area contributed by atoms with Gasteiger partial charge < -0.3 is 15.5 Å². The van der Waals surface area contributed by atoms with E-state index < -0.39 is 12.0 Å². The van der Waals surface area contributed by atoms with Crippen LogP contribution in [0.5, 0.6) is 0 Å². The standard InChI is InChI=1S/C11H23NO3/c1-4-5-6-9(10(14)15)12-7-11(2,3)8-13/h9,12-13H,4-8H2,1-3H3,(H,14,15). The topological polar surface area (TPSA) is 69.6 Å². The SMILES string of the molecule is CCCCC(NCC(C)(C)CO)C(=O)O. The number of carboxylic acid groups (broad SMARTS) is 1. The molecule has 15 heavy (non-hydrogen) atoms. The molecule has 0 aromatic rings. The quantitative estimate of drug-likeness (QED) is 0.572. The molecule has 0 bridgehead atoms. The van der Waals surface area contributed by atoms with Crippen LogP contribution in [0, 0.1) is 5.41 Å². The van der Waals surface area contributed by atoms with Gasteiger partial charge in [0.15, 0.2) is 0 Å². The van der Waals surface area contributed by atoms with Crippen LogP contribution in [0.2, 0.25) is 0 Å². The number of aliphatic carboxylic acids is 1. The third-order valence-corrected chi connectivity index (χ3v) is 2.40. The molecular formula is C11H23NO3. The molecule has 0 saturated carbocycles. The Bertz CT molecular complexity index is 192. The van der Waals surface area contributed by atoms with Gasteiger partial charge in [-0.15, -0.1) is 0 Å². The molecule has 0 aromatic heterocycles. The highest BCUT2D eigenvalue weighted by Gasteiger charge is 2.21. The zero-order valence-electron chi connectivity index (χ0n) is 9.92. The lowest BCUT2D eigenvalue weighted by atomic mass is 9.94. The van der Waals surface area contributed by atoms with Gasteiger partial charge in [0.05, 0.1) is 0 Å². The number of nitrogens with one attached hydrogen (secondary N) is 1. The molecule has 0 aromatic carbocycles. The number of carboxylic acids is 1. The Kier molecular flexibility index (Phi) is 6.52. The maximum atomic E-state index is 10.9. The minimum atomic E-state index is -0.808. The van der Waals surface area contributed by atoms with Crippen molar-refractivity contribution in [3.63, 3.8) is 0 Å². The van der Waals surface area contributed by atoms with Crippen LogP contribution < -0.4 is 5.32 Å². The summed E-state index contributed by atoms with van der Waals surface area (Å²) in [5, 5.41) is 21.0. The number of aliphatic hydroxyl groups is 1. The molecule has 0 saturated heterocycles. The first kappa shape index (κ1) is 14.4. The molecule has 4 heteroatoms. The van der Waals surface area contributed by atoms with E-state index >= 15 is 0 Å². The second kappa shape index (κ2) is 6.80. The second-order valence-electron chi connectivity index (χ2n) is 4.74. The fraction of sp³-hybridized carbons (Fsp3) is 0.909. The first-order valence-electron chi connectivity index (χ1n) is 5.50. The summed E-state index contributed by atoms with van der Waals surface area (Å²) >= 11 is 0. The third-order valence-electron chi connectivity index (χ3n) is 2.40. The van der Waals surface area contributed by atoms with E-state index in [0.717, 1.165) is 12.8 Å². The van der Waals surface area contributed by atoms with Crippen molar-refractivity contribution < 1.29 is 15.0 Å². The molecule has 0 aliphatic heterocycles. The summed E-state index contributed by atoms with van der Waals surface area (Å²) < 4.78 is 0. The molecule has 3 N–H and O–H groups in total. The molecule has 0 fully saturated rings. The molecule has 0 rings (SSSR count). The van der Waals surface area contributed by atoms with Gasteiger partial charge in [0.1, 0.15) is 6.04 Å². The van der Waals surface area contributed by atoms with Gasteiger partial charge in [-0.1, -0.05) is 33.6 Å². The molecule has 1 atom stereocenters. The van der Waals surface area contributed by atoms with E-state index in [-0.39, 0.29) is 12.0 Å². The van der Waals surface area contributed by atoms with E-state index in [1.807, 2.05) is 20.8 Å². The van der Waals surface area contributed by atoms with Gasteiger partial charge in [-0.05, 0) is 6.42 Å². The molecule has 1 unspecified atom stereocenters. The molecule has 0 aliphatic carbocycles. The van der Waals surface area contributed by atoms with Crippen LogP contribution in [0.15, 0.2) is 0 Å². The fourth-order valence-electron chi connectivity index (χ4n) is 1.18. The number of hydrogen-bond donors (Lipinski definition) is 3.